The molecule has 4 aromatic rings. The number of ether oxygens (including phenoxy) is 2. The van der Waals surface area contributed by atoms with Crippen LogP contribution in [0.15, 0.2) is 70.1 Å². The molecule has 0 unspecified atom stereocenters. The minimum Gasteiger partial charge on any atom is -0.454 e. The first-order valence-electron chi connectivity index (χ1n) is 9.39. The zero-order valence-corrected chi connectivity index (χ0v) is 17.2. The van der Waals surface area contributed by atoms with Gasteiger partial charge in [0.2, 0.25) is 11.6 Å². The van der Waals surface area contributed by atoms with Crippen LogP contribution in [0.25, 0.3) is 22.0 Å². The van der Waals surface area contributed by atoms with E-state index in [1.165, 1.54) is 23.6 Å². The smallest absolute Gasteiger partial charge is 0.282 e. The summed E-state index contributed by atoms with van der Waals surface area (Å²) < 4.78 is 12.3. The Labute approximate surface area is 180 Å². The molecule has 31 heavy (non-hydrogen) atoms. The van der Waals surface area contributed by atoms with Crippen molar-refractivity contribution < 1.29 is 14.4 Å². The quantitative estimate of drug-likeness (QED) is 0.271. The number of rotatable bonds is 4. The van der Waals surface area contributed by atoms with Crippen LogP contribution in [0.3, 0.4) is 0 Å². The average Bonchev–Trinajstić information content (AvgIpc) is 3.42. The van der Waals surface area contributed by atoms with Crippen molar-refractivity contribution in [2.45, 2.75) is 0 Å². The third kappa shape index (κ3) is 3.34. The summed E-state index contributed by atoms with van der Waals surface area (Å²) in [4.78, 5) is 16.1. The van der Waals surface area contributed by atoms with E-state index in [-0.39, 0.29) is 12.5 Å². The standard InChI is InChI=1S/C22H16N4O4S/c1-23-22-25(19(12-31-22)17-8-4-6-14-5-2-3-7-16(14)17)24-11-15-9-20-21(30-13-29-20)10-18(15)26(27)28/h2-12H,13H2,1H3. The van der Waals surface area contributed by atoms with E-state index in [9.17, 15) is 10.1 Å². The van der Waals surface area contributed by atoms with Gasteiger partial charge >= 0.3 is 0 Å². The van der Waals surface area contributed by atoms with Crippen LogP contribution in [-0.2, 0) is 0 Å². The lowest BCUT2D eigenvalue weighted by Crippen LogP contribution is -2.11. The van der Waals surface area contributed by atoms with Gasteiger partial charge in [-0.2, -0.15) is 5.10 Å². The van der Waals surface area contributed by atoms with Gasteiger partial charge in [0.05, 0.1) is 28.5 Å². The van der Waals surface area contributed by atoms with Crippen molar-refractivity contribution in [3.63, 3.8) is 0 Å². The highest BCUT2D eigenvalue weighted by molar-refractivity contribution is 7.07. The van der Waals surface area contributed by atoms with Gasteiger partial charge in [-0.3, -0.25) is 15.1 Å². The molecule has 5 rings (SSSR count). The van der Waals surface area contributed by atoms with Gasteiger partial charge in [0.15, 0.2) is 11.5 Å². The van der Waals surface area contributed by atoms with Crippen molar-refractivity contribution in [3.8, 4) is 22.8 Å². The monoisotopic (exact) mass is 432 g/mol. The van der Waals surface area contributed by atoms with E-state index in [1.807, 2.05) is 29.6 Å². The first kappa shape index (κ1) is 19.0. The molecule has 8 nitrogen and oxygen atoms in total. The van der Waals surface area contributed by atoms with Crippen LogP contribution in [0.1, 0.15) is 5.56 Å². The van der Waals surface area contributed by atoms with E-state index >= 15 is 0 Å². The molecule has 1 aliphatic heterocycles. The molecule has 0 radical (unpaired) electrons. The second-order valence-electron chi connectivity index (χ2n) is 6.73. The summed E-state index contributed by atoms with van der Waals surface area (Å²) >= 11 is 1.45. The van der Waals surface area contributed by atoms with Crippen LogP contribution in [0.5, 0.6) is 11.5 Å². The fraction of sp³-hybridized carbons (Fsp3) is 0.0909. The Bertz CT molecular complexity index is 1420. The Hall–Kier alpha value is -3.98. The number of thiazole rings is 1. The first-order chi connectivity index (χ1) is 15.2. The zero-order valence-electron chi connectivity index (χ0n) is 16.4. The van der Waals surface area contributed by atoms with E-state index in [4.69, 9.17) is 9.47 Å². The summed E-state index contributed by atoms with van der Waals surface area (Å²) in [5.74, 6) is 0.810. The molecule has 0 amide bonds. The Balaban J connectivity index is 1.66. The first-order valence-corrected chi connectivity index (χ1v) is 10.3. The number of hydrogen-bond acceptors (Lipinski definition) is 7. The zero-order chi connectivity index (χ0) is 21.4. The fourth-order valence-corrected chi connectivity index (χ4v) is 4.32. The highest BCUT2D eigenvalue weighted by atomic mass is 32.1. The molecule has 0 bridgehead atoms. The predicted molar refractivity (Wildman–Crippen MR) is 119 cm³/mol. The fourth-order valence-electron chi connectivity index (χ4n) is 3.53. The second-order valence-corrected chi connectivity index (χ2v) is 7.57. The molecule has 0 saturated carbocycles. The SMILES string of the molecule is CN=c1scc(-c2cccc3ccccc23)n1N=Cc1cc2c(cc1[N+](=O)[O-])OCO2. The van der Waals surface area contributed by atoms with Crippen molar-refractivity contribution in [2.24, 2.45) is 10.1 Å². The topological polar surface area (TPSA) is 91.2 Å². The highest BCUT2D eigenvalue weighted by Gasteiger charge is 2.22. The summed E-state index contributed by atoms with van der Waals surface area (Å²) in [5, 5.41) is 20.3. The summed E-state index contributed by atoms with van der Waals surface area (Å²) in [6.45, 7) is 0.0382. The summed E-state index contributed by atoms with van der Waals surface area (Å²) in [6, 6.07) is 17.1. The van der Waals surface area contributed by atoms with Gasteiger partial charge in [-0.1, -0.05) is 42.5 Å². The third-order valence-corrected chi connectivity index (χ3v) is 5.88. The molecule has 0 atom stereocenters. The van der Waals surface area contributed by atoms with Crippen molar-refractivity contribution in [3.05, 3.63) is 80.5 Å². The Kier molecular flexibility index (Phi) is 4.72. The number of nitro groups is 1. The Morgan fingerprint density at radius 2 is 1.90 bits per heavy atom. The van der Waals surface area contributed by atoms with E-state index < -0.39 is 4.92 Å². The van der Waals surface area contributed by atoms with E-state index in [1.54, 1.807) is 17.8 Å². The number of nitrogens with zero attached hydrogens (tertiary/aromatic N) is 4. The highest BCUT2D eigenvalue weighted by Crippen LogP contribution is 2.37. The number of aromatic nitrogens is 1. The van der Waals surface area contributed by atoms with Crippen molar-refractivity contribution in [1.29, 1.82) is 0 Å². The number of fused-ring (bicyclic) bond motifs is 2. The van der Waals surface area contributed by atoms with E-state index in [0.29, 0.717) is 21.9 Å². The van der Waals surface area contributed by atoms with Gasteiger partial charge in [0.25, 0.3) is 5.69 Å². The molecule has 154 valence electrons. The van der Waals surface area contributed by atoms with Crippen molar-refractivity contribution in [1.82, 2.24) is 4.68 Å². The van der Waals surface area contributed by atoms with Crippen LogP contribution in [0.2, 0.25) is 0 Å². The van der Waals surface area contributed by atoms with Crippen LogP contribution < -0.4 is 14.3 Å². The lowest BCUT2D eigenvalue weighted by molar-refractivity contribution is -0.385. The van der Waals surface area contributed by atoms with E-state index in [0.717, 1.165) is 22.0 Å². The molecule has 2 heterocycles. The van der Waals surface area contributed by atoms with Crippen LogP contribution >= 0.6 is 11.3 Å². The van der Waals surface area contributed by atoms with E-state index in [2.05, 4.69) is 28.3 Å². The van der Waals surface area contributed by atoms with Gasteiger partial charge in [-0.05, 0) is 16.8 Å². The average molecular weight is 432 g/mol. The maximum absolute atomic E-state index is 11.6. The third-order valence-electron chi connectivity index (χ3n) is 4.97. The normalized spacial score (nSPS) is 13.4. The second kappa shape index (κ2) is 7.69. The number of hydrogen-bond donors (Lipinski definition) is 0. The molecule has 1 aromatic heterocycles. The minimum atomic E-state index is -0.460. The van der Waals surface area contributed by atoms with Crippen LogP contribution in [-0.4, -0.2) is 29.7 Å². The number of benzene rings is 3. The molecule has 0 fully saturated rings. The molecule has 3 aromatic carbocycles. The molecular formula is C22H16N4O4S. The molecule has 1 aliphatic rings. The lowest BCUT2D eigenvalue weighted by atomic mass is 10.0. The molecule has 0 spiro atoms. The minimum absolute atomic E-state index is 0.0382. The maximum Gasteiger partial charge on any atom is 0.282 e. The number of nitro benzene ring substituents is 1. The van der Waals surface area contributed by atoms with Crippen molar-refractivity contribution >= 4 is 34.0 Å². The lowest BCUT2D eigenvalue weighted by Gasteiger charge is -2.07. The summed E-state index contributed by atoms with van der Waals surface area (Å²) in [7, 11) is 1.69. The van der Waals surface area contributed by atoms with Crippen molar-refractivity contribution in [2.75, 3.05) is 13.8 Å². The van der Waals surface area contributed by atoms with Crippen LogP contribution in [0.4, 0.5) is 5.69 Å². The Morgan fingerprint density at radius 3 is 2.71 bits per heavy atom. The van der Waals surface area contributed by atoms with Gasteiger partial charge in [0, 0.05) is 18.0 Å². The largest absolute Gasteiger partial charge is 0.454 e. The Morgan fingerprint density at radius 1 is 1.13 bits per heavy atom. The molecule has 0 saturated heterocycles. The van der Waals surface area contributed by atoms with Gasteiger partial charge in [-0.15, -0.1) is 11.3 Å². The summed E-state index contributed by atoms with van der Waals surface area (Å²) in [6.07, 6.45) is 1.45. The summed E-state index contributed by atoms with van der Waals surface area (Å²) in [5.41, 5.74) is 2.06. The molecule has 9 heteroatoms. The molecule has 0 N–H and O–H groups in total. The van der Waals surface area contributed by atoms with Gasteiger partial charge in [-0.25, -0.2) is 4.68 Å². The van der Waals surface area contributed by atoms with Gasteiger partial charge in [0.1, 0.15) is 0 Å². The predicted octanol–water partition coefficient (Wildman–Crippen LogP) is 4.42. The molecular weight excluding hydrogens is 416 g/mol. The molecule has 0 aliphatic carbocycles. The van der Waals surface area contributed by atoms with Crippen LogP contribution in [0, 0.1) is 10.1 Å². The van der Waals surface area contributed by atoms with Gasteiger partial charge < -0.3 is 9.47 Å². The maximum atomic E-state index is 11.6.